The largest absolute Gasteiger partial charge is 0.391 e. The minimum atomic E-state index is -3.81. The minimum absolute atomic E-state index is 0.0658. The summed E-state index contributed by atoms with van der Waals surface area (Å²) in [4.78, 5) is 15.0. The highest BCUT2D eigenvalue weighted by atomic mass is 19.3. The molecule has 1 unspecified atom stereocenters. The first-order valence-corrected chi connectivity index (χ1v) is 5.94. The number of aromatic nitrogens is 2. The Hall–Kier alpha value is -2.02. The van der Waals surface area contributed by atoms with Crippen LogP contribution in [0.25, 0.3) is 0 Å². The maximum Gasteiger partial charge on any atom is 0.351 e. The van der Waals surface area contributed by atoms with Crippen molar-refractivity contribution in [1.29, 1.82) is 0 Å². The molecule has 0 aromatic carbocycles. The summed E-state index contributed by atoms with van der Waals surface area (Å²) in [5.41, 5.74) is 4.22. The molecule has 7 nitrogen and oxygen atoms in total. The lowest BCUT2D eigenvalue weighted by Crippen LogP contribution is -2.43. The fourth-order valence-electron chi connectivity index (χ4n) is 2.07. The van der Waals surface area contributed by atoms with Gasteiger partial charge in [0.25, 0.3) is 0 Å². The fourth-order valence-corrected chi connectivity index (χ4v) is 2.07. The highest BCUT2D eigenvalue weighted by Crippen LogP contribution is 2.43. The average Bonchev–Trinajstić information content (AvgIpc) is 2.62. The first-order chi connectivity index (χ1) is 9.70. The van der Waals surface area contributed by atoms with E-state index >= 15 is 0 Å². The predicted octanol–water partition coefficient (Wildman–Crippen LogP) is -0.919. The zero-order valence-corrected chi connectivity index (χ0v) is 10.9. The summed E-state index contributed by atoms with van der Waals surface area (Å²) >= 11 is 0. The van der Waals surface area contributed by atoms with Gasteiger partial charge in [-0.25, -0.2) is 4.79 Å². The van der Waals surface area contributed by atoms with Crippen LogP contribution in [0.3, 0.4) is 0 Å². The van der Waals surface area contributed by atoms with Crippen molar-refractivity contribution in [1.82, 2.24) is 9.55 Å². The predicted molar refractivity (Wildman–Crippen MR) is 67.4 cm³/mol. The first-order valence-electron chi connectivity index (χ1n) is 5.94. The number of hydrogen-bond donors (Lipinski definition) is 3. The Labute approximate surface area is 118 Å². The molecular formula is C12H13F2N3O4. The molecule has 2 rings (SSSR count). The van der Waals surface area contributed by atoms with E-state index in [0.29, 0.717) is 4.57 Å². The average molecular weight is 301 g/mol. The molecule has 1 fully saturated rings. The summed E-state index contributed by atoms with van der Waals surface area (Å²) in [5.74, 6) is -1.98. The fraction of sp³-hybridized carbons (Fsp3) is 0.500. The minimum Gasteiger partial charge on any atom is -0.391 e. The molecule has 0 spiro atoms. The molecule has 0 bridgehead atoms. The number of alkyl halides is 2. The van der Waals surface area contributed by atoms with Gasteiger partial charge in [0.1, 0.15) is 11.9 Å². The molecule has 0 amide bonds. The monoisotopic (exact) mass is 301 g/mol. The number of nitrogens with two attached hydrogens (primary N) is 1. The van der Waals surface area contributed by atoms with Gasteiger partial charge < -0.3 is 20.7 Å². The Balaban J connectivity index is 2.52. The van der Waals surface area contributed by atoms with Crippen LogP contribution >= 0.6 is 0 Å². The highest BCUT2D eigenvalue weighted by molar-refractivity contribution is 5.47. The van der Waals surface area contributed by atoms with E-state index in [1.807, 2.05) is 0 Å². The van der Waals surface area contributed by atoms with E-state index in [4.69, 9.17) is 16.9 Å². The number of halogens is 2. The van der Waals surface area contributed by atoms with Crippen molar-refractivity contribution in [2.45, 2.75) is 37.4 Å². The molecule has 1 aliphatic heterocycles. The number of terminal acetylenes is 1. The van der Waals surface area contributed by atoms with E-state index in [-0.39, 0.29) is 11.4 Å². The number of rotatable bonds is 2. The van der Waals surface area contributed by atoms with Crippen LogP contribution in [0.2, 0.25) is 0 Å². The second kappa shape index (κ2) is 5.07. The van der Waals surface area contributed by atoms with Crippen molar-refractivity contribution in [3.05, 3.63) is 22.2 Å². The van der Waals surface area contributed by atoms with Gasteiger partial charge in [0.15, 0.2) is 6.10 Å². The summed E-state index contributed by atoms with van der Waals surface area (Å²) < 4.78 is 33.5. The molecule has 0 saturated carbocycles. The maximum atomic E-state index is 14.1. The highest BCUT2D eigenvalue weighted by Gasteiger charge is 2.60. The Morgan fingerprint density at radius 3 is 2.76 bits per heavy atom. The molecule has 1 aliphatic rings. The topological polar surface area (TPSA) is 111 Å². The number of anilines is 1. The molecule has 9 heteroatoms. The summed E-state index contributed by atoms with van der Waals surface area (Å²) in [6.07, 6.45) is -1.29. The van der Waals surface area contributed by atoms with Crippen LogP contribution in [0.5, 0.6) is 0 Å². The molecular weight excluding hydrogens is 288 g/mol. The van der Waals surface area contributed by atoms with Crippen molar-refractivity contribution in [3.63, 3.8) is 0 Å². The number of hydrogen-bond acceptors (Lipinski definition) is 6. The lowest BCUT2D eigenvalue weighted by molar-refractivity contribution is -0.141. The molecule has 2 heterocycles. The zero-order chi connectivity index (χ0) is 15.9. The summed E-state index contributed by atoms with van der Waals surface area (Å²) in [7, 11) is 0. The second-order valence-electron chi connectivity index (χ2n) is 4.69. The number of nitrogens with zero attached hydrogens (tertiary/aromatic N) is 2. The van der Waals surface area contributed by atoms with E-state index in [9.17, 15) is 23.8 Å². The summed E-state index contributed by atoms with van der Waals surface area (Å²) in [5, 5.41) is 18.9. The third kappa shape index (κ3) is 2.37. The van der Waals surface area contributed by atoms with Crippen LogP contribution in [0.4, 0.5) is 14.6 Å². The van der Waals surface area contributed by atoms with Gasteiger partial charge in [-0.1, -0.05) is 5.92 Å². The number of nitrogen functional groups attached to an aromatic ring is 1. The zero-order valence-electron chi connectivity index (χ0n) is 10.9. The van der Waals surface area contributed by atoms with Crippen LogP contribution in [-0.2, 0) is 4.74 Å². The molecule has 1 aromatic heterocycles. The second-order valence-corrected chi connectivity index (χ2v) is 4.69. The molecule has 1 saturated heterocycles. The van der Waals surface area contributed by atoms with E-state index in [1.165, 1.54) is 6.92 Å². The number of aliphatic hydroxyl groups excluding tert-OH is 2. The van der Waals surface area contributed by atoms with Crippen molar-refractivity contribution >= 4 is 5.82 Å². The molecule has 4 atom stereocenters. The SMILES string of the molecule is C#Cc1cn([C@@H]2O[C@H](C(C)O)[C@@H](O)C2(F)F)c(=O)nc1N. The lowest BCUT2D eigenvalue weighted by atomic mass is 10.1. The smallest absolute Gasteiger partial charge is 0.351 e. The van der Waals surface area contributed by atoms with Crippen LogP contribution in [0.15, 0.2) is 11.0 Å². The molecule has 21 heavy (non-hydrogen) atoms. The first kappa shape index (κ1) is 15.4. The molecule has 0 radical (unpaired) electrons. The van der Waals surface area contributed by atoms with E-state index < -0.39 is 36.2 Å². The maximum absolute atomic E-state index is 14.1. The van der Waals surface area contributed by atoms with Crippen molar-refractivity contribution in [2.24, 2.45) is 0 Å². The Morgan fingerprint density at radius 1 is 1.67 bits per heavy atom. The third-order valence-corrected chi connectivity index (χ3v) is 3.19. The van der Waals surface area contributed by atoms with Crippen molar-refractivity contribution in [3.8, 4) is 12.3 Å². The van der Waals surface area contributed by atoms with Crippen LogP contribution in [0, 0.1) is 12.3 Å². The summed E-state index contributed by atoms with van der Waals surface area (Å²) in [6.45, 7) is 1.18. The Kier molecular flexibility index (Phi) is 3.71. The van der Waals surface area contributed by atoms with Crippen molar-refractivity contribution < 1.29 is 23.7 Å². The molecule has 1 aromatic rings. The van der Waals surface area contributed by atoms with E-state index in [0.717, 1.165) is 6.20 Å². The van der Waals surface area contributed by atoms with Gasteiger partial charge in [0, 0.05) is 6.20 Å². The normalized spacial score (nSPS) is 29.0. The number of ether oxygens (including phenoxy) is 1. The van der Waals surface area contributed by atoms with Gasteiger partial charge in [-0.2, -0.15) is 13.8 Å². The Bertz CT molecular complexity index is 653. The van der Waals surface area contributed by atoms with Gasteiger partial charge in [0.05, 0.1) is 11.7 Å². The molecule has 0 aliphatic carbocycles. The third-order valence-electron chi connectivity index (χ3n) is 3.19. The Morgan fingerprint density at radius 2 is 2.29 bits per heavy atom. The van der Waals surface area contributed by atoms with Gasteiger partial charge in [-0.05, 0) is 6.92 Å². The van der Waals surface area contributed by atoms with Crippen LogP contribution < -0.4 is 11.4 Å². The molecule has 4 N–H and O–H groups in total. The van der Waals surface area contributed by atoms with E-state index in [2.05, 4.69) is 10.9 Å². The molecule has 114 valence electrons. The van der Waals surface area contributed by atoms with Gasteiger partial charge in [0.2, 0.25) is 6.23 Å². The van der Waals surface area contributed by atoms with E-state index in [1.54, 1.807) is 0 Å². The van der Waals surface area contributed by atoms with Crippen molar-refractivity contribution in [2.75, 3.05) is 5.73 Å². The van der Waals surface area contributed by atoms with Gasteiger partial charge in [-0.3, -0.25) is 4.57 Å². The summed E-state index contributed by atoms with van der Waals surface area (Å²) in [6, 6.07) is 0. The van der Waals surface area contributed by atoms with Gasteiger partial charge >= 0.3 is 11.6 Å². The lowest BCUT2D eigenvalue weighted by Gasteiger charge is -2.21. The number of aliphatic hydroxyl groups is 2. The van der Waals surface area contributed by atoms with Gasteiger partial charge in [-0.15, -0.1) is 6.42 Å². The van der Waals surface area contributed by atoms with Crippen LogP contribution in [0.1, 0.15) is 18.7 Å². The standard InChI is InChI=1S/C12H13F2N3O4/c1-3-6-4-17(11(20)16-9(6)15)10-12(13,14)8(19)7(21-10)5(2)18/h1,4-5,7-8,10,18-19H,2H3,(H2,15,16,20)/t5?,7-,8-,10-/m1/s1. The van der Waals surface area contributed by atoms with Crippen LogP contribution in [-0.4, -0.2) is 44.0 Å². The quantitative estimate of drug-likeness (QED) is 0.609.